The fraction of sp³-hybridized carbons (Fsp3) is 0.333. The van der Waals surface area contributed by atoms with Gasteiger partial charge in [0.2, 0.25) is 15.0 Å². The number of halogens is 3. The standard InChI is InChI=1S/C9H7ClF2N2O3S/c10-18(16,17)6-2-8(15)14(4-6)9-7(12)1-5(11)3-13-9/h1,3,6H,2,4H2. The molecule has 1 saturated heterocycles. The van der Waals surface area contributed by atoms with Crippen LogP contribution in [0.25, 0.3) is 0 Å². The van der Waals surface area contributed by atoms with E-state index in [1.54, 1.807) is 0 Å². The zero-order valence-corrected chi connectivity index (χ0v) is 10.4. The number of aromatic nitrogens is 1. The van der Waals surface area contributed by atoms with Crippen LogP contribution in [0.3, 0.4) is 0 Å². The second kappa shape index (κ2) is 4.43. The van der Waals surface area contributed by atoms with Crippen LogP contribution in [0, 0.1) is 11.6 Å². The number of carbonyl (C=O) groups excluding carboxylic acids is 1. The van der Waals surface area contributed by atoms with Crippen molar-refractivity contribution in [1.82, 2.24) is 4.98 Å². The molecule has 0 radical (unpaired) electrons. The zero-order valence-electron chi connectivity index (χ0n) is 8.81. The SMILES string of the molecule is O=C1CC(S(=O)(=O)Cl)CN1c1ncc(F)cc1F. The Bertz CT molecular complexity index is 608. The molecule has 0 N–H and O–H groups in total. The minimum absolute atomic E-state index is 0.291. The molecule has 0 bridgehead atoms. The first-order valence-electron chi connectivity index (χ1n) is 4.84. The molecule has 1 aliphatic heterocycles. The highest BCUT2D eigenvalue weighted by atomic mass is 35.7. The van der Waals surface area contributed by atoms with E-state index in [4.69, 9.17) is 10.7 Å². The van der Waals surface area contributed by atoms with Gasteiger partial charge in [-0.15, -0.1) is 0 Å². The van der Waals surface area contributed by atoms with Crippen LogP contribution in [-0.4, -0.2) is 31.1 Å². The van der Waals surface area contributed by atoms with E-state index in [0.717, 1.165) is 11.1 Å². The number of pyridine rings is 1. The van der Waals surface area contributed by atoms with Crippen molar-refractivity contribution in [2.24, 2.45) is 0 Å². The number of rotatable bonds is 2. The molecule has 18 heavy (non-hydrogen) atoms. The normalized spacial score (nSPS) is 20.5. The molecule has 1 aromatic rings. The summed E-state index contributed by atoms with van der Waals surface area (Å²) in [6.45, 7) is -0.291. The van der Waals surface area contributed by atoms with Gasteiger partial charge < -0.3 is 0 Å². The first-order valence-corrected chi connectivity index (χ1v) is 7.21. The van der Waals surface area contributed by atoms with E-state index in [1.807, 2.05) is 0 Å². The van der Waals surface area contributed by atoms with Crippen LogP contribution in [-0.2, 0) is 13.8 Å². The zero-order chi connectivity index (χ0) is 13.5. The van der Waals surface area contributed by atoms with E-state index >= 15 is 0 Å². The molecule has 1 amide bonds. The summed E-state index contributed by atoms with van der Waals surface area (Å²) in [5.74, 6) is -2.94. The highest BCUT2D eigenvalue weighted by Crippen LogP contribution is 2.27. The van der Waals surface area contributed by atoms with E-state index in [9.17, 15) is 22.0 Å². The quantitative estimate of drug-likeness (QED) is 0.765. The van der Waals surface area contributed by atoms with Gasteiger partial charge in [0, 0.05) is 29.7 Å². The summed E-state index contributed by atoms with van der Waals surface area (Å²) in [5.41, 5.74) is 0. The van der Waals surface area contributed by atoms with Crippen LogP contribution in [0.2, 0.25) is 0 Å². The van der Waals surface area contributed by atoms with Gasteiger partial charge in [0.15, 0.2) is 11.6 Å². The van der Waals surface area contributed by atoms with E-state index in [1.165, 1.54) is 0 Å². The summed E-state index contributed by atoms with van der Waals surface area (Å²) in [6, 6.07) is 0.568. The molecular weight excluding hydrogens is 290 g/mol. The van der Waals surface area contributed by atoms with Crippen molar-refractivity contribution in [3.8, 4) is 0 Å². The molecule has 0 aliphatic carbocycles. The van der Waals surface area contributed by atoms with Gasteiger partial charge in [0.1, 0.15) is 11.1 Å². The maximum absolute atomic E-state index is 13.4. The Balaban J connectivity index is 2.33. The smallest absolute Gasteiger partial charge is 0.237 e. The Labute approximate surface area is 106 Å². The van der Waals surface area contributed by atoms with E-state index in [0.29, 0.717) is 6.07 Å². The molecule has 1 aromatic heterocycles. The van der Waals surface area contributed by atoms with Crippen LogP contribution in [0.15, 0.2) is 12.3 Å². The highest BCUT2D eigenvalue weighted by molar-refractivity contribution is 8.14. The molecule has 2 heterocycles. The Morgan fingerprint density at radius 2 is 2.11 bits per heavy atom. The van der Waals surface area contributed by atoms with Gasteiger partial charge in [-0.3, -0.25) is 9.69 Å². The Hall–Kier alpha value is -1.28. The summed E-state index contributed by atoms with van der Waals surface area (Å²) in [5, 5.41) is -1.11. The third-order valence-electron chi connectivity index (χ3n) is 2.53. The second-order valence-electron chi connectivity index (χ2n) is 3.77. The minimum atomic E-state index is -3.91. The van der Waals surface area contributed by atoms with Gasteiger partial charge in [0.05, 0.1) is 6.20 Å². The molecule has 0 spiro atoms. The molecular formula is C9H7ClF2N2O3S. The number of hydrogen-bond donors (Lipinski definition) is 0. The number of nitrogens with zero attached hydrogens (tertiary/aromatic N) is 2. The lowest BCUT2D eigenvalue weighted by molar-refractivity contribution is -0.117. The predicted octanol–water partition coefficient (Wildman–Crippen LogP) is 1.03. The summed E-state index contributed by atoms with van der Waals surface area (Å²) < 4.78 is 48.3. The molecule has 98 valence electrons. The maximum Gasteiger partial charge on any atom is 0.237 e. The topological polar surface area (TPSA) is 67.3 Å². The molecule has 1 aliphatic rings. The maximum atomic E-state index is 13.4. The second-order valence-corrected chi connectivity index (χ2v) is 6.67. The van der Waals surface area contributed by atoms with Crippen LogP contribution < -0.4 is 4.90 Å². The number of hydrogen-bond acceptors (Lipinski definition) is 4. The van der Waals surface area contributed by atoms with Crippen LogP contribution in [0.1, 0.15) is 6.42 Å². The Kier molecular flexibility index (Phi) is 3.24. The van der Waals surface area contributed by atoms with Gasteiger partial charge in [-0.2, -0.15) is 0 Å². The van der Waals surface area contributed by atoms with E-state index < -0.39 is 37.7 Å². The predicted molar refractivity (Wildman–Crippen MR) is 59.7 cm³/mol. The van der Waals surface area contributed by atoms with Crippen molar-refractivity contribution in [2.75, 3.05) is 11.4 Å². The van der Waals surface area contributed by atoms with Crippen molar-refractivity contribution < 1.29 is 22.0 Å². The fourth-order valence-corrected chi connectivity index (χ4v) is 2.70. The first kappa shape index (κ1) is 13.2. The minimum Gasteiger partial charge on any atom is -0.293 e. The number of amides is 1. The molecule has 0 aromatic carbocycles. The molecule has 2 rings (SSSR count). The van der Waals surface area contributed by atoms with Gasteiger partial charge in [0.25, 0.3) is 0 Å². The van der Waals surface area contributed by atoms with Crippen molar-refractivity contribution in [3.05, 3.63) is 23.9 Å². The van der Waals surface area contributed by atoms with Crippen LogP contribution in [0.5, 0.6) is 0 Å². The van der Waals surface area contributed by atoms with Gasteiger partial charge in [-0.1, -0.05) is 0 Å². The molecule has 9 heteroatoms. The van der Waals surface area contributed by atoms with Crippen molar-refractivity contribution >= 4 is 31.5 Å². The van der Waals surface area contributed by atoms with Crippen molar-refractivity contribution in [3.63, 3.8) is 0 Å². The first-order chi connectivity index (χ1) is 8.29. The highest BCUT2D eigenvalue weighted by Gasteiger charge is 2.39. The summed E-state index contributed by atoms with van der Waals surface area (Å²) in [4.78, 5) is 15.9. The lowest BCUT2D eigenvalue weighted by Gasteiger charge is -2.15. The van der Waals surface area contributed by atoms with Gasteiger partial charge in [-0.25, -0.2) is 22.2 Å². The van der Waals surface area contributed by atoms with E-state index in [2.05, 4.69) is 4.98 Å². The third kappa shape index (κ3) is 2.44. The monoisotopic (exact) mass is 296 g/mol. The average molecular weight is 297 g/mol. The lowest BCUT2D eigenvalue weighted by atomic mass is 10.4. The molecule has 5 nitrogen and oxygen atoms in total. The number of anilines is 1. The van der Waals surface area contributed by atoms with Crippen molar-refractivity contribution in [2.45, 2.75) is 11.7 Å². The van der Waals surface area contributed by atoms with Crippen molar-refractivity contribution in [1.29, 1.82) is 0 Å². The van der Waals surface area contributed by atoms with Gasteiger partial charge in [-0.05, 0) is 0 Å². The molecule has 1 fully saturated rings. The molecule has 1 unspecified atom stereocenters. The van der Waals surface area contributed by atoms with E-state index in [-0.39, 0.29) is 13.0 Å². The third-order valence-corrected chi connectivity index (χ3v) is 4.40. The van der Waals surface area contributed by atoms with Crippen LogP contribution in [0.4, 0.5) is 14.6 Å². The Morgan fingerprint density at radius 1 is 1.44 bits per heavy atom. The fourth-order valence-electron chi connectivity index (χ4n) is 1.67. The Morgan fingerprint density at radius 3 is 2.61 bits per heavy atom. The lowest BCUT2D eigenvalue weighted by Crippen LogP contribution is -2.28. The summed E-state index contributed by atoms with van der Waals surface area (Å²) >= 11 is 0. The molecule has 1 atom stereocenters. The average Bonchev–Trinajstić information content (AvgIpc) is 2.60. The largest absolute Gasteiger partial charge is 0.293 e. The van der Waals surface area contributed by atoms with Crippen LogP contribution >= 0.6 is 10.7 Å². The van der Waals surface area contributed by atoms with Gasteiger partial charge >= 0.3 is 0 Å². The molecule has 0 saturated carbocycles. The number of carbonyl (C=O) groups is 1. The summed E-state index contributed by atoms with van der Waals surface area (Å²) in [7, 11) is 1.23. The summed E-state index contributed by atoms with van der Waals surface area (Å²) in [6.07, 6.45) is 0.401.